The van der Waals surface area contributed by atoms with Crippen molar-refractivity contribution in [3.63, 3.8) is 0 Å². The molecule has 1 aromatic heterocycles. The van der Waals surface area contributed by atoms with Gasteiger partial charge in [-0.2, -0.15) is 0 Å². The molecule has 1 heterocycles. The topological polar surface area (TPSA) is 67.3 Å². The lowest BCUT2D eigenvalue weighted by molar-refractivity contribution is 0.0767. The number of para-hydroxylation sites is 2. The molecule has 1 amide bonds. The largest absolute Gasteiger partial charge is 0.492 e. The Balaban J connectivity index is 2.22. The Labute approximate surface area is 136 Å². The van der Waals surface area contributed by atoms with Gasteiger partial charge in [0, 0.05) is 19.2 Å². The molecular weight excluding hydrogens is 292 g/mol. The first-order chi connectivity index (χ1) is 11.2. The number of benzene rings is 1. The van der Waals surface area contributed by atoms with Crippen LogP contribution in [0.2, 0.25) is 0 Å². The molecule has 23 heavy (non-hydrogen) atoms. The van der Waals surface area contributed by atoms with Crippen molar-refractivity contribution >= 4 is 17.4 Å². The molecule has 0 saturated carbocycles. The number of carbonyl (C=O) groups excluding carboxylic acids is 1. The van der Waals surface area contributed by atoms with Crippen molar-refractivity contribution in [3.8, 4) is 5.75 Å². The average molecular weight is 314 g/mol. The minimum Gasteiger partial charge on any atom is -0.492 e. The van der Waals surface area contributed by atoms with Crippen LogP contribution in [0.3, 0.4) is 0 Å². The van der Waals surface area contributed by atoms with Gasteiger partial charge in [-0.15, -0.1) is 0 Å². The van der Waals surface area contributed by atoms with Crippen molar-refractivity contribution in [1.82, 2.24) is 14.9 Å². The van der Waals surface area contributed by atoms with Crippen molar-refractivity contribution in [3.05, 3.63) is 42.4 Å². The number of hydrogen-bond acceptors (Lipinski definition) is 5. The second-order valence-electron chi connectivity index (χ2n) is 4.82. The number of nitrogens with one attached hydrogen (secondary N) is 1. The molecule has 0 fully saturated rings. The number of amides is 1. The highest BCUT2D eigenvalue weighted by atomic mass is 16.5. The molecule has 0 saturated heterocycles. The van der Waals surface area contributed by atoms with Gasteiger partial charge in [-0.25, -0.2) is 9.97 Å². The van der Waals surface area contributed by atoms with Gasteiger partial charge in [-0.05, 0) is 32.9 Å². The summed E-state index contributed by atoms with van der Waals surface area (Å²) in [6.07, 6.45) is 1.39. The van der Waals surface area contributed by atoms with Gasteiger partial charge in [-0.1, -0.05) is 12.1 Å². The van der Waals surface area contributed by atoms with Crippen molar-refractivity contribution in [2.75, 3.05) is 25.0 Å². The van der Waals surface area contributed by atoms with E-state index in [2.05, 4.69) is 15.3 Å². The number of rotatable bonds is 7. The fourth-order valence-electron chi connectivity index (χ4n) is 2.20. The van der Waals surface area contributed by atoms with Gasteiger partial charge < -0.3 is 15.0 Å². The quantitative estimate of drug-likeness (QED) is 0.850. The van der Waals surface area contributed by atoms with Crippen LogP contribution in [0.1, 0.15) is 31.3 Å². The first-order valence-corrected chi connectivity index (χ1v) is 7.79. The van der Waals surface area contributed by atoms with Crippen molar-refractivity contribution in [1.29, 1.82) is 0 Å². The average Bonchev–Trinajstić information content (AvgIpc) is 2.58. The van der Waals surface area contributed by atoms with Crippen LogP contribution in [0.15, 0.2) is 36.7 Å². The van der Waals surface area contributed by atoms with Crippen LogP contribution < -0.4 is 10.1 Å². The number of ether oxygens (including phenoxy) is 1. The first kappa shape index (κ1) is 16.7. The molecule has 0 radical (unpaired) electrons. The highest BCUT2D eigenvalue weighted by molar-refractivity contribution is 5.93. The van der Waals surface area contributed by atoms with E-state index < -0.39 is 0 Å². The zero-order chi connectivity index (χ0) is 16.7. The standard InChI is InChI=1S/C17H22N4O2/c1-4-21(5-2)17(22)14-11-16(19-12-18-14)20-13-9-7-8-10-15(13)23-6-3/h7-12H,4-6H2,1-3H3,(H,18,19,20). The van der Waals surface area contributed by atoms with E-state index in [-0.39, 0.29) is 5.91 Å². The van der Waals surface area contributed by atoms with E-state index in [0.29, 0.717) is 31.2 Å². The van der Waals surface area contributed by atoms with Crippen LogP contribution in [-0.4, -0.2) is 40.5 Å². The smallest absolute Gasteiger partial charge is 0.272 e. The lowest BCUT2D eigenvalue weighted by Crippen LogP contribution is -2.31. The summed E-state index contributed by atoms with van der Waals surface area (Å²) in [6.45, 7) is 7.70. The maximum Gasteiger partial charge on any atom is 0.272 e. The molecule has 0 unspecified atom stereocenters. The second kappa shape index (κ2) is 8.12. The SMILES string of the molecule is CCOc1ccccc1Nc1cc(C(=O)N(CC)CC)ncn1. The van der Waals surface area contributed by atoms with Crippen LogP contribution in [-0.2, 0) is 0 Å². The third kappa shape index (κ3) is 4.18. The predicted molar refractivity (Wildman–Crippen MR) is 90.2 cm³/mol. The molecule has 6 nitrogen and oxygen atoms in total. The Morgan fingerprint density at radius 1 is 1.17 bits per heavy atom. The highest BCUT2D eigenvalue weighted by Crippen LogP contribution is 2.26. The van der Waals surface area contributed by atoms with Crippen LogP contribution in [0.5, 0.6) is 5.75 Å². The van der Waals surface area contributed by atoms with Gasteiger partial charge in [0.2, 0.25) is 0 Å². The van der Waals surface area contributed by atoms with Crippen LogP contribution in [0.25, 0.3) is 0 Å². The van der Waals surface area contributed by atoms with Gasteiger partial charge in [-0.3, -0.25) is 4.79 Å². The Morgan fingerprint density at radius 3 is 2.61 bits per heavy atom. The molecule has 2 aromatic rings. The maximum atomic E-state index is 12.4. The molecule has 0 spiro atoms. The summed E-state index contributed by atoms with van der Waals surface area (Å²) in [6, 6.07) is 9.26. The van der Waals surface area contributed by atoms with Gasteiger partial charge >= 0.3 is 0 Å². The van der Waals surface area contributed by atoms with Crippen molar-refractivity contribution in [2.45, 2.75) is 20.8 Å². The molecule has 2 rings (SSSR count). The molecule has 0 aliphatic rings. The van der Waals surface area contributed by atoms with Crippen molar-refractivity contribution in [2.24, 2.45) is 0 Å². The summed E-state index contributed by atoms with van der Waals surface area (Å²) in [5.41, 5.74) is 1.18. The molecule has 0 bridgehead atoms. The highest BCUT2D eigenvalue weighted by Gasteiger charge is 2.15. The van der Waals surface area contributed by atoms with E-state index in [1.165, 1.54) is 6.33 Å². The molecule has 6 heteroatoms. The number of carbonyl (C=O) groups is 1. The van der Waals surface area contributed by atoms with E-state index in [0.717, 1.165) is 11.4 Å². The summed E-state index contributed by atoms with van der Waals surface area (Å²) in [7, 11) is 0. The second-order valence-corrected chi connectivity index (χ2v) is 4.82. The van der Waals surface area contributed by atoms with Gasteiger partial charge in [0.1, 0.15) is 23.6 Å². The van der Waals surface area contributed by atoms with E-state index in [9.17, 15) is 4.79 Å². The van der Waals surface area contributed by atoms with E-state index in [1.54, 1.807) is 11.0 Å². The van der Waals surface area contributed by atoms with Crippen molar-refractivity contribution < 1.29 is 9.53 Å². The minimum atomic E-state index is -0.0986. The predicted octanol–water partition coefficient (Wildman–Crippen LogP) is 3.10. The molecular formula is C17H22N4O2. The lowest BCUT2D eigenvalue weighted by Gasteiger charge is -2.18. The maximum absolute atomic E-state index is 12.4. The molecule has 122 valence electrons. The molecule has 0 aliphatic carbocycles. The summed E-state index contributed by atoms with van der Waals surface area (Å²) < 4.78 is 5.58. The fraction of sp³-hybridized carbons (Fsp3) is 0.353. The summed E-state index contributed by atoms with van der Waals surface area (Å²) >= 11 is 0. The molecule has 0 aliphatic heterocycles. The summed E-state index contributed by atoms with van der Waals surface area (Å²) in [4.78, 5) is 22.4. The van der Waals surface area contributed by atoms with Crippen LogP contribution >= 0.6 is 0 Å². The van der Waals surface area contributed by atoms with E-state index in [4.69, 9.17) is 4.74 Å². The fourth-order valence-corrected chi connectivity index (χ4v) is 2.20. The lowest BCUT2D eigenvalue weighted by atomic mass is 10.2. The summed E-state index contributed by atoms with van der Waals surface area (Å²) in [5.74, 6) is 1.20. The molecule has 1 aromatic carbocycles. The molecule has 1 N–H and O–H groups in total. The monoisotopic (exact) mass is 314 g/mol. The number of aromatic nitrogens is 2. The summed E-state index contributed by atoms with van der Waals surface area (Å²) in [5, 5.41) is 3.18. The van der Waals surface area contributed by atoms with Gasteiger partial charge in [0.25, 0.3) is 5.91 Å². The Bertz CT molecular complexity index is 657. The number of nitrogens with zero attached hydrogens (tertiary/aromatic N) is 3. The third-order valence-corrected chi connectivity index (χ3v) is 3.39. The number of hydrogen-bond donors (Lipinski definition) is 1. The first-order valence-electron chi connectivity index (χ1n) is 7.79. The normalized spacial score (nSPS) is 10.2. The Hall–Kier alpha value is -2.63. The van der Waals surface area contributed by atoms with Crippen LogP contribution in [0, 0.1) is 0 Å². The zero-order valence-corrected chi connectivity index (χ0v) is 13.7. The minimum absolute atomic E-state index is 0.0986. The number of anilines is 2. The van der Waals surface area contributed by atoms with E-state index >= 15 is 0 Å². The third-order valence-electron chi connectivity index (χ3n) is 3.39. The Kier molecular flexibility index (Phi) is 5.91. The van der Waals surface area contributed by atoms with Gasteiger partial charge in [0.15, 0.2) is 0 Å². The van der Waals surface area contributed by atoms with E-state index in [1.807, 2.05) is 45.0 Å². The van der Waals surface area contributed by atoms with Gasteiger partial charge in [0.05, 0.1) is 12.3 Å². The zero-order valence-electron chi connectivity index (χ0n) is 13.7. The molecule has 0 atom stereocenters. The van der Waals surface area contributed by atoms with Crippen LogP contribution in [0.4, 0.5) is 11.5 Å². The Morgan fingerprint density at radius 2 is 1.91 bits per heavy atom.